The summed E-state index contributed by atoms with van der Waals surface area (Å²) in [7, 11) is 0. The molecular formula is C17H22N4O. The highest BCUT2D eigenvalue weighted by atomic mass is 16.2. The maximum Gasteiger partial charge on any atom is 0.319 e. The van der Waals surface area contributed by atoms with E-state index in [1.54, 1.807) is 6.20 Å². The van der Waals surface area contributed by atoms with Crippen LogP contribution in [0.15, 0.2) is 42.7 Å². The fourth-order valence-electron chi connectivity index (χ4n) is 2.88. The van der Waals surface area contributed by atoms with Gasteiger partial charge in [-0.2, -0.15) is 5.10 Å². The van der Waals surface area contributed by atoms with Gasteiger partial charge >= 0.3 is 6.03 Å². The molecule has 2 N–H and O–H groups in total. The molecule has 3 rings (SSSR count). The van der Waals surface area contributed by atoms with Crippen molar-refractivity contribution in [2.24, 2.45) is 0 Å². The second kappa shape index (κ2) is 7.11. The number of rotatable bonds is 4. The lowest BCUT2D eigenvalue weighted by Gasteiger charge is -2.22. The molecule has 0 aliphatic heterocycles. The van der Waals surface area contributed by atoms with Crippen molar-refractivity contribution in [2.75, 3.05) is 5.32 Å². The molecule has 1 aliphatic carbocycles. The summed E-state index contributed by atoms with van der Waals surface area (Å²) in [4.78, 5) is 12.0. The van der Waals surface area contributed by atoms with Gasteiger partial charge in [0, 0.05) is 12.2 Å². The summed E-state index contributed by atoms with van der Waals surface area (Å²) < 4.78 is 1.82. The predicted molar refractivity (Wildman–Crippen MR) is 86.8 cm³/mol. The highest BCUT2D eigenvalue weighted by Gasteiger charge is 2.15. The number of benzene rings is 1. The number of nitrogens with zero attached hydrogens (tertiary/aromatic N) is 2. The van der Waals surface area contributed by atoms with Crippen LogP contribution in [0.2, 0.25) is 0 Å². The van der Waals surface area contributed by atoms with Gasteiger partial charge in [-0.25, -0.2) is 4.79 Å². The monoisotopic (exact) mass is 298 g/mol. The number of urea groups is 1. The van der Waals surface area contributed by atoms with Crippen LogP contribution in [0.1, 0.15) is 37.7 Å². The molecule has 5 heteroatoms. The zero-order valence-electron chi connectivity index (χ0n) is 12.7. The highest BCUT2D eigenvalue weighted by molar-refractivity contribution is 5.89. The van der Waals surface area contributed by atoms with Crippen molar-refractivity contribution in [3.05, 3.63) is 48.3 Å². The second-order valence-electron chi connectivity index (χ2n) is 5.85. The minimum atomic E-state index is -0.133. The number of anilines is 1. The molecule has 1 fully saturated rings. The van der Waals surface area contributed by atoms with Gasteiger partial charge in [0.2, 0.25) is 0 Å². The Labute approximate surface area is 130 Å². The summed E-state index contributed by atoms with van der Waals surface area (Å²) in [5.74, 6) is 0. The maximum absolute atomic E-state index is 12.0. The Balaban J connectivity index is 1.51. The fraction of sp³-hybridized carbons (Fsp3) is 0.412. The summed E-state index contributed by atoms with van der Waals surface area (Å²) in [5.41, 5.74) is 1.91. The van der Waals surface area contributed by atoms with Crippen molar-refractivity contribution in [3.8, 4) is 0 Å². The van der Waals surface area contributed by atoms with Gasteiger partial charge in [0.1, 0.15) is 0 Å². The SMILES string of the molecule is O=C(Nc1cnn(Cc2ccccc2)c1)NC1CCCCC1. The zero-order valence-corrected chi connectivity index (χ0v) is 12.7. The number of hydrogen-bond acceptors (Lipinski definition) is 2. The quantitative estimate of drug-likeness (QED) is 0.909. The summed E-state index contributed by atoms with van der Waals surface area (Å²) in [6.45, 7) is 0.701. The molecule has 2 aromatic rings. The molecule has 0 unspecified atom stereocenters. The third-order valence-corrected chi connectivity index (χ3v) is 4.02. The Morgan fingerprint density at radius 1 is 1.18 bits per heavy atom. The molecule has 22 heavy (non-hydrogen) atoms. The van der Waals surface area contributed by atoms with Crippen molar-refractivity contribution < 1.29 is 4.79 Å². The Morgan fingerprint density at radius 2 is 1.95 bits per heavy atom. The van der Waals surface area contributed by atoms with E-state index in [0.717, 1.165) is 18.5 Å². The van der Waals surface area contributed by atoms with E-state index >= 15 is 0 Å². The minimum Gasteiger partial charge on any atom is -0.335 e. The van der Waals surface area contributed by atoms with Crippen LogP contribution in [-0.4, -0.2) is 21.9 Å². The van der Waals surface area contributed by atoms with Gasteiger partial charge < -0.3 is 10.6 Å². The topological polar surface area (TPSA) is 59.0 Å². The number of hydrogen-bond donors (Lipinski definition) is 2. The number of aromatic nitrogens is 2. The molecule has 0 bridgehead atoms. The molecule has 0 atom stereocenters. The van der Waals surface area contributed by atoms with Crippen LogP contribution in [0.5, 0.6) is 0 Å². The van der Waals surface area contributed by atoms with E-state index in [2.05, 4.69) is 27.9 Å². The summed E-state index contributed by atoms with van der Waals surface area (Å²) in [6, 6.07) is 10.3. The molecule has 5 nitrogen and oxygen atoms in total. The number of nitrogens with one attached hydrogen (secondary N) is 2. The van der Waals surface area contributed by atoms with E-state index in [0.29, 0.717) is 12.6 Å². The predicted octanol–water partition coefficient (Wildman–Crippen LogP) is 3.39. The van der Waals surface area contributed by atoms with Gasteiger partial charge in [-0.1, -0.05) is 49.6 Å². The van der Waals surface area contributed by atoms with Gasteiger partial charge in [0.25, 0.3) is 0 Å². The van der Waals surface area contributed by atoms with E-state index in [-0.39, 0.29) is 6.03 Å². The standard InChI is InChI=1S/C17H22N4O/c22-17(19-15-9-5-2-6-10-15)20-16-11-18-21(13-16)12-14-7-3-1-4-8-14/h1,3-4,7-8,11,13,15H,2,5-6,9-10,12H2,(H2,19,20,22). The molecule has 1 saturated carbocycles. The van der Waals surface area contributed by atoms with Crippen LogP contribution in [0.25, 0.3) is 0 Å². The van der Waals surface area contributed by atoms with E-state index in [9.17, 15) is 4.79 Å². The molecular weight excluding hydrogens is 276 g/mol. The molecule has 1 heterocycles. The largest absolute Gasteiger partial charge is 0.335 e. The first-order valence-corrected chi connectivity index (χ1v) is 7.93. The smallest absolute Gasteiger partial charge is 0.319 e. The lowest BCUT2D eigenvalue weighted by Crippen LogP contribution is -2.38. The van der Waals surface area contributed by atoms with Crippen molar-refractivity contribution in [1.82, 2.24) is 15.1 Å². The van der Waals surface area contributed by atoms with E-state index in [4.69, 9.17) is 0 Å². The third kappa shape index (κ3) is 4.10. The van der Waals surface area contributed by atoms with Crippen LogP contribution in [0.3, 0.4) is 0 Å². The number of carbonyl (C=O) groups excluding carboxylic acids is 1. The van der Waals surface area contributed by atoms with Crippen LogP contribution in [0.4, 0.5) is 10.5 Å². The molecule has 1 aliphatic rings. The third-order valence-electron chi connectivity index (χ3n) is 4.02. The Bertz CT molecular complexity index is 602. The van der Waals surface area contributed by atoms with Crippen molar-refractivity contribution in [2.45, 2.75) is 44.7 Å². The van der Waals surface area contributed by atoms with Crippen LogP contribution in [-0.2, 0) is 6.54 Å². The average Bonchev–Trinajstić information content (AvgIpc) is 2.96. The molecule has 1 aromatic heterocycles. The Kier molecular flexibility index (Phi) is 4.73. The van der Waals surface area contributed by atoms with Crippen molar-refractivity contribution >= 4 is 11.7 Å². The van der Waals surface area contributed by atoms with Gasteiger partial charge in [-0.05, 0) is 18.4 Å². The molecule has 2 amide bonds. The van der Waals surface area contributed by atoms with Gasteiger partial charge in [0.05, 0.1) is 18.4 Å². The Morgan fingerprint density at radius 3 is 2.73 bits per heavy atom. The Hall–Kier alpha value is -2.30. The van der Waals surface area contributed by atoms with E-state index < -0.39 is 0 Å². The molecule has 1 aromatic carbocycles. The first-order valence-electron chi connectivity index (χ1n) is 7.93. The van der Waals surface area contributed by atoms with Gasteiger partial charge in [-0.3, -0.25) is 4.68 Å². The second-order valence-corrected chi connectivity index (χ2v) is 5.85. The summed E-state index contributed by atoms with van der Waals surface area (Å²) >= 11 is 0. The summed E-state index contributed by atoms with van der Waals surface area (Å²) in [5, 5.41) is 10.2. The van der Waals surface area contributed by atoms with Crippen molar-refractivity contribution in [3.63, 3.8) is 0 Å². The first-order chi connectivity index (χ1) is 10.8. The molecule has 116 valence electrons. The van der Waals surface area contributed by atoms with Crippen LogP contribution >= 0.6 is 0 Å². The fourth-order valence-corrected chi connectivity index (χ4v) is 2.88. The van der Waals surface area contributed by atoms with Gasteiger partial charge in [-0.15, -0.1) is 0 Å². The number of amides is 2. The lowest BCUT2D eigenvalue weighted by atomic mass is 9.96. The molecule has 0 radical (unpaired) electrons. The van der Waals surface area contributed by atoms with E-state index in [1.165, 1.54) is 24.8 Å². The van der Waals surface area contributed by atoms with Crippen LogP contribution < -0.4 is 10.6 Å². The summed E-state index contributed by atoms with van der Waals surface area (Å²) in [6.07, 6.45) is 9.41. The molecule has 0 spiro atoms. The zero-order chi connectivity index (χ0) is 15.2. The average molecular weight is 298 g/mol. The first kappa shape index (κ1) is 14.6. The van der Waals surface area contributed by atoms with Gasteiger partial charge in [0.15, 0.2) is 0 Å². The van der Waals surface area contributed by atoms with Crippen LogP contribution in [0, 0.1) is 0 Å². The molecule has 0 saturated heterocycles. The number of carbonyl (C=O) groups is 1. The minimum absolute atomic E-state index is 0.133. The highest BCUT2D eigenvalue weighted by Crippen LogP contribution is 2.17. The van der Waals surface area contributed by atoms with Crippen molar-refractivity contribution in [1.29, 1.82) is 0 Å². The lowest BCUT2D eigenvalue weighted by molar-refractivity contribution is 0.244. The van der Waals surface area contributed by atoms with E-state index in [1.807, 2.05) is 29.1 Å². The normalized spacial score (nSPS) is 15.5. The maximum atomic E-state index is 12.0.